The van der Waals surface area contributed by atoms with Crippen molar-refractivity contribution in [2.24, 2.45) is 0 Å². The summed E-state index contributed by atoms with van der Waals surface area (Å²) in [5, 5.41) is 17.6. The Morgan fingerprint density at radius 1 is 1.59 bits per heavy atom. The van der Waals surface area contributed by atoms with Crippen molar-refractivity contribution in [1.82, 2.24) is 4.98 Å². The highest BCUT2D eigenvalue weighted by Crippen LogP contribution is 2.21. The topological polar surface area (TPSA) is 99.7 Å². The van der Waals surface area contributed by atoms with Crippen molar-refractivity contribution >= 4 is 17.5 Å². The van der Waals surface area contributed by atoms with Crippen molar-refractivity contribution in [3.63, 3.8) is 0 Å². The van der Waals surface area contributed by atoms with Crippen molar-refractivity contribution in [2.75, 3.05) is 30.3 Å². The lowest BCUT2D eigenvalue weighted by Gasteiger charge is -2.22. The van der Waals surface area contributed by atoms with E-state index in [0.29, 0.717) is 31.0 Å². The van der Waals surface area contributed by atoms with E-state index in [1.807, 2.05) is 11.8 Å². The third kappa shape index (κ3) is 3.32. The highest BCUT2D eigenvalue weighted by molar-refractivity contribution is 5.89. The Morgan fingerprint density at radius 3 is 2.76 bits per heavy atom. The second kappa shape index (κ2) is 6.05. The first-order valence-electron chi connectivity index (χ1n) is 5.44. The van der Waals surface area contributed by atoms with E-state index < -0.39 is 5.97 Å². The van der Waals surface area contributed by atoms with Crippen LogP contribution < -0.4 is 10.6 Å². The molecule has 0 atom stereocenters. The van der Waals surface area contributed by atoms with E-state index in [2.05, 4.69) is 4.98 Å². The summed E-state index contributed by atoms with van der Waals surface area (Å²) in [7, 11) is 0. The van der Waals surface area contributed by atoms with Gasteiger partial charge in [-0.15, -0.1) is 0 Å². The molecule has 6 nitrogen and oxygen atoms in total. The van der Waals surface area contributed by atoms with Gasteiger partial charge in [0.1, 0.15) is 0 Å². The molecule has 0 unspecified atom stereocenters. The smallest absolute Gasteiger partial charge is 0.337 e. The number of hydrogen-bond donors (Lipinski definition) is 3. The zero-order chi connectivity index (χ0) is 12.8. The van der Waals surface area contributed by atoms with Crippen LogP contribution >= 0.6 is 0 Å². The molecular formula is C11H17N3O3. The summed E-state index contributed by atoms with van der Waals surface area (Å²) in [4.78, 5) is 16.7. The summed E-state index contributed by atoms with van der Waals surface area (Å²) in [6.07, 6.45) is 1.91. The minimum atomic E-state index is -1.05. The average Bonchev–Trinajstić information content (AvgIpc) is 2.31. The number of nitrogens with zero attached hydrogens (tertiary/aromatic N) is 2. The molecule has 1 heterocycles. The number of carboxylic acid groups (broad SMARTS) is 1. The average molecular weight is 239 g/mol. The fraction of sp³-hybridized carbons (Fsp3) is 0.455. The van der Waals surface area contributed by atoms with Gasteiger partial charge in [-0.3, -0.25) is 0 Å². The van der Waals surface area contributed by atoms with Gasteiger partial charge in [0.05, 0.1) is 11.3 Å². The van der Waals surface area contributed by atoms with Gasteiger partial charge >= 0.3 is 5.97 Å². The number of pyridine rings is 1. The molecule has 0 spiro atoms. The lowest BCUT2D eigenvalue weighted by Crippen LogP contribution is -2.26. The third-order valence-electron chi connectivity index (χ3n) is 2.41. The predicted molar refractivity (Wildman–Crippen MR) is 65.2 cm³/mol. The summed E-state index contributed by atoms with van der Waals surface area (Å²) in [5.74, 6) is -0.486. The van der Waals surface area contributed by atoms with Crippen LogP contribution in [0.5, 0.6) is 0 Å². The molecular weight excluding hydrogens is 222 g/mol. The molecule has 0 aliphatic rings. The van der Waals surface area contributed by atoms with Crippen molar-refractivity contribution in [1.29, 1.82) is 0 Å². The number of hydrogen-bond acceptors (Lipinski definition) is 5. The van der Waals surface area contributed by atoms with E-state index in [9.17, 15) is 4.79 Å². The summed E-state index contributed by atoms with van der Waals surface area (Å²) in [6, 6.07) is 1.40. The maximum Gasteiger partial charge on any atom is 0.337 e. The predicted octanol–water partition coefficient (Wildman–Crippen LogP) is 0.571. The Hall–Kier alpha value is -1.82. The highest BCUT2D eigenvalue weighted by Gasteiger charge is 2.12. The van der Waals surface area contributed by atoms with Gasteiger partial charge < -0.3 is 20.8 Å². The Kier molecular flexibility index (Phi) is 4.71. The SMILES string of the molecule is CCN(CCCO)c1ncc(C(=O)O)cc1N. The quantitative estimate of drug-likeness (QED) is 0.671. The molecule has 6 heteroatoms. The van der Waals surface area contributed by atoms with Gasteiger partial charge in [-0.25, -0.2) is 9.78 Å². The Bertz CT molecular complexity index is 396. The number of carbonyl (C=O) groups is 1. The van der Waals surface area contributed by atoms with Gasteiger partial charge in [0.15, 0.2) is 5.82 Å². The number of nitrogen functional groups attached to an aromatic ring is 1. The summed E-state index contributed by atoms with van der Waals surface area (Å²) < 4.78 is 0. The first-order chi connectivity index (χ1) is 8.10. The number of rotatable bonds is 6. The number of carboxylic acids is 1. The maximum absolute atomic E-state index is 10.7. The number of nitrogens with two attached hydrogens (primary N) is 1. The number of aromatic carboxylic acids is 1. The van der Waals surface area contributed by atoms with Crippen LogP contribution in [0, 0.1) is 0 Å². The van der Waals surface area contributed by atoms with Crippen molar-refractivity contribution in [2.45, 2.75) is 13.3 Å². The molecule has 0 radical (unpaired) electrons. The monoisotopic (exact) mass is 239 g/mol. The normalized spacial score (nSPS) is 10.2. The van der Waals surface area contributed by atoms with Crippen LogP contribution in [-0.4, -0.2) is 40.9 Å². The molecule has 0 aliphatic carbocycles. The molecule has 4 N–H and O–H groups in total. The van der Waals surface area contributed by atoms with E-state index >= 15 is 0 Å². The summed E-state index contributed by atoms with van der Waals surface area (Å²) >= 11 is 0. The third-order valence-corrected chi connectivity index (χ3v) is 2.41. The van der Waals surface area contributed by atoms with Gasteiger partial charge in [-0.1, -0.05) is 0 Å². The number of aliphatic hydroxyl groups excluding tert-OH is 1. The standard InChI is InChI=1S/C11H17N3O3/c1-2-14(4-3-5-15)10-9(12)6-8(7-13-10)11(16)17/h6-7,15H,2-5,12H2,1H3,(H,16,17). The van der Waals surface area contributed by atoms with Gasteiger partial charge in [0.2, 0.25) is 0 Å². The molecule has 0 aromatic carbocycles. The van der Waals surface area contributed by atoms with E-state index in [4.69, 9.17) is 15.9 Å². The minimum Gasteiger partial charge on any atom is -0.478 e. The largest absolute Gasteiger partial charge is 0.478 e. The summed E-state index contributed by atoms with van der Waals surface area (Å²) in [6.45, 7) is 3.38. The van der Waals surface area contributed by atoms with Crippen LogP contribution in [0.4, 0.5) is 11.5 Å². The van der Waals surface area contributed by atoms with Crippen LogP contribution in [0.15, 0.2) is 12.3 Å². The molecule has 1 aromatic rings. The van der Waals surface area contributed by atoms with Crippen molar-refractivity contribution in [3.05, 3.63) is 17.8 Å². The molecule has 17 heavy (non-hydrogen) atoms. The highest BCUT2D eigenvalue weighted by atomic mass is 16.4. The van der Waals surface area contributed by atoms with Gasteiger partial charge in [-0.05, 0) is 19.4 Å². The Labute approximate surface area is 99.7 Å². The molecule has 0 fully saturated rings. The lowest BCUT2D eigenvalue weighted by atomic mass is 10.2. The molecule has 0 amide bonds. The van der Waals surface area contributed by atoms with Crippen LogP contribution in [0.3, 0.4) is 0 Å². The van der Waals surface area contributed by atoms with Crippen LogP contribution in [0.25, 0.3) is 0 Å². The van der Waals surface area contributed by atoms with E-state index in [1.54, 1.807) is 0 Å². The fourth-order valence-electron chi connectivity index (χ4n) is 1.53. The van der Waals surface area contributed by atoms with Gasteiger partial charge in [-0.2, -0.15) is 0 Å². The van der Waals surface area contributed by atoms with Gasteiger partial charge in [0.25, 0.3) is 0 Å². The number of aromatic nitrogens is 1. The number of aliphatic hydroxyl groups is 1. The zero-order valence-corrected chi connectivity index (χ0v) is 9.76. The molecule has 0 bridgehead atoms. The van der Waals surface area contributed by atoms with Crippen LogP contribution in [0.2, 0.25) is 0 Å². The fourth-order valence-corrected chi connectivity index (χ4v) is 1.53. The van der Waals surface area contributed by atoms with Crippen molar-refractivity contribution in [3.8, 4) is 0 Å². The minimum absolute atomic E-state index is 0.0736. The molecule has 94 valence electrons. The molecule has 0 aliphatic heterocycles. The van der Waals surface area contributed by atoms with E-state index in [-0.39, 0.29) is 12.2 Å². The number of anilines is 2. The molecule has 0 saturated heterocycles. The van der Waals surface area contributed by atoms with Crippen LogP contribution in [-0.2, 0) is 0 Å². The molecule has 0 saturated carbocycles. The Morgan fingerprint density at radius 2 is 2.29 bits per heavy atom. The Balaban J connectivity index is 2.92. The summed E-state index contributed by atoms with van der Waals surface area (Å²) in [5.41, 5.74) is 6.19. The first-order valence-corrected chi connectivity index (χ1v) is 5.44. The van der Waals surface area contributed by atoms with Crippen LogP contribution in [0.1, 0.15) is 23.7 Å². The molecule has 1 aromatic heterocycles. The maximum atomic E-state index is 10.7. The van der Waals surface area contributed by atoms with E-state index in [0.717, 1.165) is 0 Å². The van der Waals surface area contributed by atoms with Crippen molar-refractivity contribution < 1.29 is 15.0 Å². The zero-order valence-electron chi connectivity index (χ0n) is 9.76. The second-order valence-electron chi connectivity index (χ2n) is 3.60. The second-order valence-corrected chi connectivity index (χ2v) is 3.60. The van der Waals surface area contributed by atoms with Gasteiger partial charge in [0, 0.05) is 25.9 Å². The lowest BCUT2D eigenvalue weighted by molar-refractivity contribution is 0.0696. The van der Waals surface area contributed by atoms with E-state index in [1.165, 1.54) is 12.3 Å². The first kappa shape index (κ1) is 13.2. The molecule has 1 rings (SSSR count).